The van der Waals surface area contributed by atoms with Gasteiger partial charge in [-0.05, 0) is 31.7 Å². The van der Waals surface area contributed by atoms with Crippen LogP contribution in [0.15, 0.2) is 18.5 Å². The molecule has 2 bridgehead atoms. The summed E-state index contributed by atoms with van der Waals surface area (Å²) in [7, 11) is 0. The lowest BCUT2D eigenvalue weighted by Crippen LogP contribution is -2.47. The number of aliphatic hydroxyl groups is 1. The highest BCUT2D eigenvalue weighted by Gasteiger charge is 2.45. The van der Waals surface area contributed by atoms with E-state index in [9.17, 15) is 5.11 Å². The Bertz CT molecular complexity index is 342. The van der Waals surface area contributed by atoms with E-state index >= 15 is 0 Å². The fourth-order valence-corrected chi connectivity index (χ4v) is 2.84. The summed E-state index contributed by atoms with van der Waals surface area (Å²) in [6.45, 7) is 0. The van der Waals surface area contributed by atoms with Crippen LogP contribution in [0.2, 0.25) is 0 Å². The molecule has 3 heterocycles. The quantitative estimate of drug-likeness (QED) is 0.704. The van der Waals surface area contributed by atoms with Crippen molar-refractivity contribution in [1.29, 1.82) is 0 Å². The monoisotopic (exact) mass is 205 g/mol. The Labute approximate surface area is 88.8 Å². The average molecular weight is 205 g/mol. The Kier molecular flexibility index (Phi) is 2.00. The van der Waals surface area contributed by atoms with Crippen LogP contribution in [0.5, 0.6) is 0 Å². The van der Waals surface area contributed by atoms with Crippen molar-refractivity contribution >= 4 is 0 Å². The van der Waals surface area contributed by atoms with Crippen molar-refractivity contribution in [3.05, 3.63) is 24.3 Å². The standard InChI is InChI=1S/C11H15N3O/c15-11(10-12-4-1-5-13-10)6-8-2-3-9(7-11)14-8/h1,4-5,8-9,14-15H,2-3,6-7H2/t8-,9+,11?. The predicted molar refractivity (Wildman–Crippen MR) is 55.1 cm³/mol. The lowest BCUT2D eigenvalue weighted by Gasteiger charge is -2.35. The predicted octanol–water partition coefficient (Wildman–Crippen LogP) is 0.579. The molecule has 0 spiro atoms. The van der Waals surface area contributed by atoms with Crippen LogP contribution in [-0.2, 0) is 5.60 Å². The summed E-state index contributed by atoms with van der Waals surface area (Å²) >= 11 is 0. The molecule has 2 fully saturated rings. The van der Waals surface area contributed by atoms with Crippen LogP contribution in [0.1, 0.15) is 31.5 Å². The van der Waals surface area contributed by atoms with E-state index in [2.05, 4.69) is 15.3 Å². The Balaban J connectivity index is 1.91. The van der Waals surface area contributed by atoms with Crippen LogP contribution in [0.25, 0.3) is 0 Å². The van der Waals surface area contributed by atoms with Gasteiger partial charge in [0.1, 0.15) is 5.60 Å². The normalized spacial score (nSPS) is 39.3. The highest BCUT2D eigenvalue weighted by Crippen LogP contribution is 2.38. The third kappa shape index (κ3) is 1.54. The number of nitrogens with zero attached hydrogens (tertiary/aromatic N) is 2. The van der Waals surface area contributed by atoms with Crippen LogP contribution in [0, 0.1) is 0 Å². The van der Waals surface area contributed by atoms with Crippen LogP contribution in [-0.4, -0.2) is 27.2 Å². The third-order valence-electron chi connectivity index (χ3n) is 3.49. The number of nitrogens with one attached hydrogen (secondary N) is 1. The van der Waals surface area contributed by atoms with Gasteiger partial charge in [-0.15, -0.1) is 0 Å². The number of aromatic nitrogens is 2. The first-order valence-corrected chi connectivity index (χ1v) is 5.52. The molecular weight excluding hydrogens is 190 g/mol. The molecule has 2 aliphatic rings. The van der Waals surface area contributed by atoms with Gasteiger partial charge in [0.15, 0.2) is 5.82 Å². The molecule has 0 aliphatic carbocycles. The van der Waals surface area contributed by atoms with E-state index in [1.165, 1.54) is 12.8 Å². The first-order valence-electron chi connectivity index (χ1n) is 5.52. The topological polar surface area (TPSA) is 58.0 Å². The van der Waals surface area contributed by atoms with Crippen LogP contribution in [0.4, 0.5) is 0 Å². The van der Waals surface area contributed by atoms with Crippen LogP contribution >= 0.6 is 0 Å². The van der Waals surface area contributed by atoms with Crippen molar-refractivity contribution in [3.8, 4) is 0 Å². The molecule has 0 radical (unpaired) electrons. The summed E-state index contributed by atoms with van der Waals surface area (Å²) in [5.74, 6) is 0.586. The Morgan fingerprint density at radius 3 is 2.40 bits per heavy atom. The number of fused-ring (bicyclic) bond motifs is 2. The van der Waals surface area contributed by atoms with E-state index in [-0.39, 0.29) is 0 Å². The molecule has 4 heteroatoms. The van der Waals surface area contributed by atoms with Crippen molar-refractivity contribution in [1.82, 2.24) is 15.3 Å². The number of hydrogen-bond donors (Lipinski definition) is 2. The highest BCUT2D eigenvalue weighted by atomic mass is 16.3. The minimum Gasteiger partial charge on any atom is -0.382 e. The highest BCUT2D eigenvalue weighted by molar-refractivity contribution is 5.09. The van der Waals surface area contributed by atoms with Gasteiger partial charge in [0.25, 0.3) is 0 Å². The largest absolute Gasteiger partial charge is 0.382 e. The van der Waals surface area contributed by atoms with Crippen LogP contribution < -0.4 is 5.32 Å². The van der Waals surface area contributed by atoms with Gasteiger partial charge in [-0.3, -0.25) is 0 Å². The van der Waals surface area contributed by atoms with Crippen molar-refractivity contribution < 1.29 is 5.11 Å². The van der Waals surface area contributed by atoms with Crippen molar-refractivity contribution in [2.75, 3.05) is 0 Å². The fourth-order valence-electron chi connectivity index (χ4n) is 2.84. The molecule has 1 unspecified atom stereocenters. The van der Waals surface area contributed by atoms with Crippen molar-refractivity contribution in [2.45, 2.75) is 43.4 Å². The SMILES string of the molecule is OC1(c2ncccn2)C[C@H]2CC[C@@H](C1)N2. The maximum atomic E-state index is 10.6. The van der Waals surface area contributed by atoms with Gasteiger partial charge in [0.05, 0.1) is 0 Å². The summed E-state index contributed by atoms with van der Waals surface area (Å²) in [5.41, 5.74) is -0.807. The molecule has 3 atom stereocenters. The fraction of sp³-hybridized carbons (Fsp3) is 0.636. The maximum Gasteiger partial charge on any atom is 0.160 e. The zero-order chi connectivity index (χ0) is 10.3. The second kappa shape index (κ2) is 3.25. The number of rotatable bonds is 1. The number of piperidine rings is 1. The molecule has 1 aromatic rings. The first-order chi connectivity index (χ1) is 7.26. The second-order valence-electron chi connectivity index (χ2n) is 4.65. The molecule has 1 aromatic heterocycles. The maximum absolute atomic E-state index is 10.6. The first kappa shape index (κ1) is 9.24. The zero-order valence-corrected chi connectivity index (χ0v) is 8.56. The van der Waals surface area contributed by atoms with E-state index in [0.717, 1.165) is 12.8 Å². The van der Waals surface area contributed by atoms with Crippen molar-refractivity contribution in [3.63, 3.8) is 0 Å². The van der Waals surface area contributed by atoms with E-state index in [0.29, 0.717) is 17.9 Å². The molecule has 3 rings (SSSR count). The van der Waals surface area contributed by atoms with Gasteiger partial charge in [0.2, 0.25) is 0 Å². The van der Waals surface area contributed by atoms with Gasteiger partial charge in [-0.2, -0.15) is 0 Å². The summed E-state index contributed by atoms with van der Waals surface area (Å²) < 4.78 is 0. The van der Waals surface area contributed by atoms with Gasteiger partial charge in [-0.1, -0.05) is 0 Å². The van der Waals surface area contributed by atoms with Gasteiger partial charge in [0, 0.05) is 24.5 Å². The molecule has 4 nitrogen and oxygen atoms in total. The molecule has 15 heavy (non-hydrogen) atoms. The smallest absolute Gasteiger partial charge is 0.160 e. The third-order valence-corrected chi connectivity index (χ3v) is 3.49. The Hall–Kier alpha value is -1.00. The molecule has 80 valence electrons. The summed E-state index contributed by atoms with van der Waals surface area (Å²) in [5, 5.41) is 14.1. The van der Waals surface area contributed by atoms with E-state index in [4.69, 9.17) is 0 Å². The van der Waals surface area contributed by atoms with Gasteiger partial charge in [-0.25, -0.2) is 9.97 Å². The van der Waals surface area contributed by atoms with Crippen LogP contribution in [0.3, 0.4) is 0 Å². The minimum atomic E-state index is -0.807. The minimum absolute atomic E-state index is 0.442. The molecule has 0 saturated carbocycles. The molecular formula is C11H15N3O. The molecule has 0 aromatic carbocycles. The summed E-state index contributed by atoms with van der Waals surface area (Å²) in [4.78, 5) is 8.36. The van der Waals surface area contributed by atoms with E-state index < -0.39 is 5.60 Å². The van der Waals surface area contributed by atoms with Gasteiger partial charge >= 0.3 is 0 Å². The van der Waals surface area contributed by atoms with Crippen molar-refractivity contribution in [2.24, 2.45) is 0 Å². The molecule has 0 amide bonds. The van der Waals surface area contributed by atoms with E-state index in [1.54, 1.807) is 18.5 Å². The second-order valence-corrected chi connectivity index (χ2v) is 4.65. The average Bonchev–Trinajstić information content (AvgIpc) is 2.60. The Morgan fingerprint density at radius 2 is 1.80 bits per heavy atom. The van der Waals surface area contributed by atoms with Gasteiger partial charge < -0.3 is 10.4 Å². The van der Waals surface area contributed by atoms with E-state index in [1.807, 2.05) is 0 Å². The Morgan fingerprint density at radius 1 is 1.20 bits per heavy atom. The molecule has 2 N–H and O–H groups in total. The summed E-state index contributed by atoms with van der Waals surface area (Å²) in [6, 6.07) is 2.66. The summed E-state index contributed by atoms with van der Waals surface area (Å²) in [6.07, 6.45) is 7.22. The molecule has 2 aliphatic heterocycles. The zero-order valence-electron chi connectivity index (χ0n) is 8.56. The lowest BCUT2D eigenvalue weighted by molar-refractivity contribution is -0.0194. The molecule has 2 saturated heterocycles. The number of hydrogen-bond acceptors (Lipinski definition) is 4. The lowest BCUT2D eigenvalue weighted by atomic mass is 9.87.